The van der Waals surface area contributed by atoms with Crippen LogP contribution >= 0.6 is 0 Å². The third-order valence-corrected chi connectivity index (χ3v) is 1.03. The summed E-state index contributed by atoms with van der Waals surface area (Å²) in [5, 5.41) is 8.18. The van der Waals surface area contributed by atoms with Crippen LogP contribution in [0.2, 0.25) is 0 Å². The van der Waals surface area contributed by atoms with Crippen molar-refractivity contribution in [1.29, 1.82) is 0 Å². The van der Waals surface area contributed by atoms with Crippen molar-refractivity contribution in [3.05, 3.63) is 0 Å². The SMILES string of the molecule is CCC(C)C(=O)O.[SrH2]. The molecule has 0 rings (SSSR count). The van der Waals surface area contributed by atoms with Gasteiger partial charge >= 0.3 is 51.5 Å². The van der Waals surface area contributed by atoms with Gasteiger partial charge < -0.3 is 5.11 Å². The molecule has 0 saturated carbocycles. The number of carbonyl (C=O) groups is 1. The number of aliphatic carboxylic acids is 1. The molecule has 2 nitrogen and oxygen atoms in total. The molecule has 0 spiro atoms. The van der Waals surface area contributed by atoms with Gasteiger partial charge in [0.1, 0.15) is 0 Å². The van der Waals surface area contributed by atoms with Crippen LogP contribution in [0, 0.1) is 5.92 Å². The van der Waals surface area contributed by atoms with E-state index in [4.69, 9.17) is 5.11 Å². The summed E-state index contributed by atoms with van der Waals surface area (Å²) < 4.78 is 0. The minimum atomic E-state index is -0.706. The van der Waals surface area contributed by atoms with Gasteiger partial charge in [-0.1, -0.05) is 13.8 Å². The van der Waals surface area contributed by atoms with Crippen molar-refractivity contribution in [2.75, 3.05) is 0 Å². The average Bonchev–Trinajstić information content (AvgIpc) is 1.65. The molecule has 0 aromatic rings. The summed E-state index contributed by atoms with van der Waals surface area (Å²) in [7, 11) is 0. The van der Waals surface area contributed by atoms with Gasteiger partial charge in [0.05, 0.1) is 5.92 Å². The molecule has 0 aromatic carbocycles. The van der Waals surface area contributed by atoms with Crippen LogP contribution in [0.4, 0.5) is 0 Å². The molecule has 1 atom stereocenters. The molecule has 0 saturated heterocycles. The van der Waals surface area contributed by atoms with E-state index in [1.54, 1.807) is 6.92 Å². The van der Waals surface area contributed by atoms with Crippen molar-refractivity contribution >= 4 is 51.5 Å². The third-order valence-electron chi connectivity index (χ3n) is 1.03. The summed E-state index contributed by atoms with van der Waals surface area (Å²) in [6, 6.07) is 0. The Labute approximate surface area is 86.5 Å². The molecule has 0 amide bonds. The van der Waals surface area contributed by atoms with Crippen LogP contribution in [0.15, 0.2) is 0 Å². The van der Waals surface area contributed by atoms with Gasteiger partial charge in [-0.2, -0.15) is 0 Å². The van der Waals surface area contributed by atoms with Crippen LogP contribution in [-0.2, 0) is 4.79 Å². The Hall–Kier alpha value is 0.951. The van der Waals surface area contributed by atoms with Crippen LogP contribution in [0.5, 0.6) is 0 Å². The van der Waals surface area contributed by atoms with Crippen molar-refractivity contribution in [2.24, 2.45) is 5.92 Å². The standard InChI is InChI=1S/C5H10O2.Sr.2H/c1-3-4(2)5(6)7;;;/h4H,3H2,1-2H3,(H,6,7);;;. The zero-order chi connectivity index (χ0) is 5.86. The van der Waals surface area contributed by atoms with E-state index < -0.39 is 5.97 Å². The number of hydrogen-bond acceptors (Lipinski definition) is 1. The number of rotatable bonds is 2. The molecule has 3 heteroatoms. The molecule has 1 unspecified atom stereocenters. The zero-order valence-corrected chi connectivity index (χ0v) is 4.64. The molecule has 0 radical (unpaired) electrons. The predicted octanol–water partition coefficient (Wildman–Crippen LogP) is 0.201. The van der Waals surface area contributed by atoms with Gasteiger partial charge in [0.15, 0.2) is 0 Å². The van der Waals surface area contributed by atoms with E-state index in [9.17, 15) is 4.79 Å². The third kappa shape index (κ3) is 5.09. The van der Waals surface area contributed by atoms with Crippen molar-refractivity contribution in [1.82, 2.24) is 0 Å². The van der Waals surface area contributed by atoms with Gasteiger partial charge in [-0.3, -0.25) is 4.79 Å². The molecule has 0 bridgehead atoms. The van der Waals surface area contributed by atoms with Crippen molar-refractivity contribution in [2.45, 2.75) is 20.3 Å². The van der Waals surface area contributed by atoms with E-state index in [0.29, 0.717) is 0 Å². The van der Waals surface area contributed by atoms with Crippen molar-refractivity contribution in [3.63, 3.8) is 0 Å². The van der Waals surface area contributed by atoms with E-state index in [1.165, 1.54) is 0 Å². The molecule has 0 aliphatic heterocycles. The Kier molecular flexibility index (Phi) is 8.90. The molecule has 0 aromatic heterocycles. The summed E-state index contributed by atoms with van der Waals surface area (Å²) in [5.41, 5.74) is 0. The molecule has 46 valence electrons. The van der Waals surface area contributed by atoms with Crippen LogP contribution in [0.3, 0.4) is 0 Å². The second kappa shape index (κ2) is 6.08. The topological polar surface area (TPSA) is 37.3 Å². The molecule has 0 aliphatic carbocycles. The Balaban J connectivity index is 0. The van der Waals surface area contributed by atoms with Gasteiger partial charge in [-0.15, -0.1) is 0 Å². The summed E-state index contributed by atoms with van der Waals surface area (Å²) >= 11 is 0. The van der Waals surface area contributed by atoms with Crippen molar-refractivity contribution < 1.29 is 9.90 Å². The quantitative estimate of drug-likeness (QED) is 0.634. The number of carboxylic acid groups (broad SMARTS) is 1. The van der Waals surface area contributed by atoms with Crippen LogP contribution < -0.4 is 0 Å². The van der Waals surface area contributed by atoms with Crippen LogP contribution in [-0.4, -0.2) is 56.6 Å². The van der Waals surface area contributed by atoms with Gasteiger partial charge in [0.2, 0.25) is 0 Å². The number of carboxylic acids is 1. The molecular formula is C5H12O2Sr. The Morgan fingerprint density at radius 3 is 2.12 bits per heavy atom. The maximum atomic E-state index is 9.93. The van der Waals surface area contributed by atoms with Crippen molar-refractivity contribution in [3.8, 4) is 0 Å². The first kappa shape index (κ1) is 11.7. The van der Waals surface area contributed by atoms with Gasteiger partial charge in [-0.05, 0) is 6.42 Å². The Bertz CT molecular complexity index is 72.8. The summed E-state index contributed by atoms with van der Waals surface area (Å²) in [4.78, 5) is 9.93. The van der Waals surface area contributed by atoms with E-state index in [0.717, 1.165) is 6.42 Å². The van der Waals surface area contributed by atoms with Crippen LogP contribution in [0.25, 0.3) is 0 Å². The summed E-state index contributed by atoms with van der Waals surface area (Å²) in [6.07, 6.45) is 0.718. The first-order valence-corrected chi connectivity index (χ1v) is 2.41. The minimum absolute atomic E-state index is 0. The normalized spacial score (nSPS) is 11.8. The molecule has 0 fully saturated rings. The van der Waals surface area contributed by atoms with Gasteiger partial charge in [-0.25, -0.2) is 0 Å². The fraction of sp³-hybridized carbons (Fsp3) is 0.800. The van der Waals surface area contributed by atoms with E-state index >= 15 is 0 Å². The molecule has 1 N–H and O–H groups in total. The van der Waals surface area contributed by atoms with E-state index in [2.05, 4.69) is 0 Å². The maximum absolute atomic E-state index is 9.93. The van der Waals surface area contributed by atoms with Gasteiger partial charge in [0, 0.05) is 0 Å². The predicted molar refractivity (Wildman–Crippen MR) is 35.6 cm³/mol. The van der Waals surface area contributed by atoms with Gasteiger partial charge in [0.25, 0.3) is 0 Å². The molecule has 0 heterocycles. The monoisotopic (exact) mass is 192 g/mol. The first-order chi connectivity index (χ1) is 3.18. The first-order valence-electron chi connectivity index (χ1n) is 2.41. The second-order valence-corrected chi connectivity index (χ2v) is 1.65. The zero-order valence-electron chi connectivity index (χ0n) is 4.64. The molecule has 0 aliphatic rings. The summed E-state index contributed by atoms with van der Waals surface area (Å²) in [5.74, 6) is -0.887. The summed E-state index contributed by atoms with van der Waals surface area (Å²) in [6.45, 7) is 3.56. The van der Waals surface area contributed by atoms with E-state index in [-0.39, 0.29) is 51.4 Å². The fourth-order valence-electron chi connectivity index (χ4n) is 0.175. The fourth-order valence-corrected chi connectivity index (χ4v) is 0.175. The molecule has 8 heavy (non-hydrogen) atoms. The Morgan fingerprint density at radius 2 is 2.12 bits per heavy atom. The Morgan fingerprint density at radius 1 is 1.75 bits per heavy atom. The number of hydrogen-bond donors (Lipinski definition) is 1. The van der Waals surface area contributed by atoms with Crippen LogP contribution in [0.1, 0.15) is 20.3 Å². The molecular weight excluding hydrogens is 180 g/mol. The average molecular weight is 192 g/mol. The van der Waals surface area contributed by atoms with E-state index in [1.807, 2.05) is 6.92 Å². The second-order valence-electron chi connectivity index (χ2n) is 1.65.